The lowest BCUT2D eigenvalue weighted by molar-refractivity contribution is 0.103. The summed E-state index contributed by atoms with van der Waals surface area (Å²) in [5, 5.41) is 5.13. The summed E-state index contributed by atoms with van der Waals surface area (Å²) in [6.07, 6.45) is 0. The van der Waals surface area contributed by atoms with Gasteiger partial charge in [0.2, 0.25) is 0 Å². The smallest absolute Gasteiger partial charge is 0.267 e. The SMILES string of the molecule is Cc1ccc(Br)cc1NC(=O)c1sccc1Cl. The molecule has 2 rings (SSSR count). The molecule has 0 bridgehead atoms. The number of aryl methyl sites for hydroxylation is 1. The van der Waals surface area contributed by atoms with Crippen molar-refractivity contribution in [2.24, 2.45) is 0 Å². The summed E-state index contributed by atoms with van der Waals surface area (Å²) >= 11 is 10.6. The number of anilines is 1. The van der Waals surface area contributed by atoms with E-state index in [1.165, 1.54) is 11.3 Å². The van der Waals surface area contributed by atoms with Crippen LogP contribution in [0, 0.1) is 6.92 Å². The molecule has 0 spiro atoms. The fraction of sp³-hybridized carbons (Fsp3) is 0.0833. The van der Waals surface area contributed by atoms with Crippen LogP contribution in [0.5, 0.6) is 0 Å². The summed E-state index contributed by atoms with van der Waals surface area (Å²) in [6, 6.07) is 7.46. The summed E-state index contributed by atoms with van der Waals surface area (Å²) in [7, 11) is 0. The van der Waals surface area contributed by atoms with Crippen molar-refractivity contribution in [3.05, 3.63) is 49.6 Å². The van der Waals surface area contributed by atoms with Crippen LogP contribution in [-0.4, -0.2) is 5.91 Å². The number of carbonyl (C=O) groups is 1. The third-order valence-corrected chi connectivity index (χ3v) is 4.10. The van der Waals surface area contributed by atoms with Crippen molar-refractivity contribution in [2.75, 3.05) is 5.32 Å². The van der Waals surface area contributed by atoms with Gasteiger partial charge in [-0.2, -0.15) is 0 Å². The molecule has 0 radical (unpaired) electrons. The molecule has 1 N–H and O–H groups in total. The van der Waals surface area contributed by atoms with Gasteiger partial charge in [0.05, 0.1) is 5.02 Å². The van der Waals surface area contributed by atoms with Crippen molar-refractivity contribution in [1.29, 1.82) is 0 Å². The lowest BCUT2D eigenvalue weighted by atomic mass is 10.2. The lowest BCUT2D eigenvalue weighted by Gasteiger charge is -2.08. The van der Waals surface area contributed by atoms with E-state index in [2.05, 4.69) is 21.2 Å². The highest BCUT2D eigenvalue weighted by Gasteiger charge is 2.12. The van der Waals surface area contributed by atoms with E-state index in [0.29, 0.717) is 9.90 Å². The van der Waals surface area contributed by atoms with E-state index in [1.807, 2.05) is 25.1 Å². The van der Waals surface area contributed by atoms with Gasteiger partial charge in [0, 0.05) is 10.2 Å². The second kappa shape index (κ2) is 5.21. The van der Waals surface area contributed by atoms with Gasteiger partial charge in [-0.1, -0.05) is 33.6 Å². The number of carbonyl (C=O) groups excluding carboxylic acids is 1. The van der Waals surface area contributed by atoms with Crippen LogP contribution in [0.15, 0.2) is 34.1 Å². The Balaban J connectivity index is 2.24. The molecular weight excluding hydrogens is 322 g/mol. The number of hydrogen-bond acceptors (Lipinski definition) is 2. The summed E-state index contributed by atoms with van der Waals surface area (Å²) in [4.78, 5) is 12.5. The third-order valence-electron chi connectivity index (χ3n) is 2.27. The largest absolute Gasteiger partial charge is 0.321 e. The second-order valence-electron chi connectivity index (χ2n) is 3.51. The molecular formula is C12H9BrClNOS. The van der Waals surface area contributed by atoms with Gasteiger partial charge in [0.15, 0.2) is 0 Å². The first-order valence-electron chi connectivity index (χ1n) is 4.88. The van der Waals surface area contributed by atoms with E-state index >= 15 is 0 Å². The molecule has 1 heterocycles. The Hall–Kier alpha value is -0.840. The first kappa shape index (κ1) is 12.6. The van der Waals surface area contributed by atoms with Crippen LogP contribution in [0.2, 0.25) is 5.02 Å². The molecule has 2 aromatic rings. The van der Waals surface area contributed by atoms with Gasteiger partial charge < -0.3 is 5.32 Å². The Labute approximate surface area is 117 Å². The maximum Gasteiger partial charge on any atom is 0.267 e. The molecule has 1 amide bonds. The van der Waals surface area contributed by atoms with E-state index in [-0.39, 0.29) is 5.91 Å². The van der Waals surface area contributed by atoms with Crippen LogP contribution in [0.1, 0.15) is 15.2 Å². The fourth-order valence-electron chi connectivity index (χ4n) is 1.36. The number of halogens is 2. The van der Waals surface area contributed by atoms with E-state index in [1.54, 1.807) is 11.4 Å². The maximum atomic E-state index is 12.0. The number of amides is 1. The van der Waals surface area contributed by atoms with Gasteiger partial charge in [0.1, 0.15) is 4.88 Å². The molecule has 0 unspecified atom stereocenters. The van der Waals surface area contributed by atoms with E-state index < -0.39 is 0 Å². The van der Waals surface area contributed by atoms with Gasteiger partial charge in [0.25, 0.3) is 5.91 Å². The normalized spacial score (nSPS) is 10.3. The fourth-order valence-corrected chi connectivity index (χ4v) is 2.76. The predicted octanol–water partition coefficient (Wildman–Crippen LogP) is 4.72. The molecule has 0 atom stereocenters. The number of hydrogen-bond donors (Lipinski definition) is 1. The van der Waals surface area contributed by atoms with Crippen LogP contribution >= 0.6 is 38.9 Å². The Morgan fingerprint density at radius 3 is 2.82 bits per heavy atom. The van der Waals surface area contributed by atoms with Crippen LogP contribution in [0.25, 0.3) is 0 Å². The number of nitrogens with one attached hydrogen (secondary N) is 1. The highest BCUT2D eigenvalue weighted by Crippen LogP contribution is 2.25. The minimum Gasteiger partial charge on any atom is -0.321 e. The summed E-state index contributed by atoms with van der Waals surface area (Å²) in [6.45, 7) is 1.94. The molecule has 2 nitrogen and oxygen atoms in total. The molecule has 0 saturated heterocycles. The molecule has 0 fully saturated rings. The number of benzene rings is 1. The van der Waals surface area contributed by atoms with Gasteiger partial charge in [-0.25, -0.2) is 0 Å². The average Bonchev–Trinajstić information content (AvgIpc) is 2.70. The predicted molar refractivity (Wildman–Crippen MR) is 76.2 cm³/mol. The molecule has 1 aromatic carbocycles. The molecule has 1 aromatic heterocycles. The first-order chi connectivity index (χ1) is 8.08. The van der Waals surface area contributed by atoms with Gasteiger partial charge in [-0.3, -0.25) is 4.79 Å². The van der Waals surface area contributed by atoms with Gasteiger partial charge >= 0.3 is 0 Å². The van der Waals surface area contributed by atoms with Gasteiger partial charge in [-0.15, -0.1) is 11.3 Å². The number of rotatable bonds is 2. The zero-order valence-electron chi connectivity index (χ0n) is 8.96. The Morgan fingerprint density at radius 1 is 1.41 bits per heavy atom. The van der Waals surface area contributed by atoms with Crippen molar-refractivity contribution in [2.45, 2.75) is 6.92 Å². The van der Waals surface area contributed by atoms with E-state index in [0.717, 1.165) is 15.7 Å². The quantitative estimate of drug-likeness (QED) is 0.847. The summed E-state index contributed by atoms with van der Waals surface area (Å²) in [5.41, 5.74) is 1.79. The molecule has 17 heavy (non-hydrogen) atoms. The third kappa shape index (κ3) is 2.89. The van der Waals surface area contributed by atoms with Crippen molar-refractivity contribution in [1.82, 2.24) is 0 Å². The number of thiophene rings is 1. The Morgan fingerprint density at radius 2 is 2.18 bits per heavy atom. The van der Waals surface area contributed by atoms with Crippen LogP contribution in [0.4, 0.5) is 5.69 Å². The summed E-state index contributed by atoms with van der Waals surface area (Å²) in [5.74, 6) is -0.175. The molecule has 0 saturated carbocycles. The average molecular weight is 331 g/mol. The van der Waals surface area contributed by atoms with Gasteiger partial charge in [-0.05, 0) is 36.1 Å². The zero-order chi connectivity index (χ0) is 12.4. The van der Waals surface area contributed by atoms with Crippen LogP contribution in [-0.2, 0) is 0 Å². The molecule has 88 valence electrons. The van der Waals surface area contributed by atoms with Crippen molar-refractivity contribution in [3.8, 4) is 0 Å². The topological polar surface area (TPSA) is 29.1 Å². The molecule has 0 aliphatic heterocycles. The van der Waals surface area contributed by atoms with E-state index in [9.17, 15) is 4.79 Å². The molecule has 5 heteroatoms. The highest BCUT2D eigenvalue weighted by atomic mass is 79.9. The summed E-state index contributed by atoms with van der Waals surface area (Å²) < 4.78 is 0.927. The monoisotopic (exact) mass is 329 g/mol. The Bertz CT molecular complexity index is 567. The second-order valence-corrected chi connectivity index (χ2v) is 5.75. The minimum absolute atomic E-state index is 0.175. The van der Waals surface area contributed by atoms with Crippen molar-refractivity contribution >= 4 is 50.5 Å². The first-order valence-corrected chi connectivity index (χ1v) is 6.93. The maximum absolute atomic E-state index is 12.0. The highest BCUT2D eigenvalue weighted by molar-refractivity contribution is 9.10. The Kier molecular flexibility index (Phi) is 3.86. The van der Waals surface area contributed by atoms with E-state index in [4.69, 9.17) is 11.6 Å². The molecule has 0 aliphatic carbocycles. The van der Waals surface area contributed by atoms with Crippen LogP contribution in [0.3, 0.4) is 0 Å². The molecule has 0 aliphatic rings. The van der Waals surface area contributed by atoms with Crippen LogP contribution < -0.4 is 5.32 Å². The zero-order valence-corrected chi connectivity index (χ0v) is 12.1. The standard InChI is InChI=1S/C12H9BrClNOS/c1-7-2-3-8(13)6-10(7)15-12(16)11-9(14)4-5-17-11/h2-6H,1H3,(H,15,16). The van der Waals surface area contributed by atoms with Crippen molar-refractivity contribution in [3.63, 3.8) is 0 Å². The van der Waals surface area contributed by atoms with Crippen molar-refractivity contribution < 1.29 is 4.79 Å². The minimum atomic E-state index is -0.175. The lowest BCUT2D eigenvalue weighted by Crippen LogP contribution is -2.11.